The average Bonchev–Trinajstić information content (AvgIpc) is 3.39. The highest BCUT2D eigenvalue weighted by Gasteiger charge is 2.23. The summed E-state index contributed by atoms with van der Waals surface area (Å²) in [6.07, 6.45) is 2.94. The number of halogens is 2. The van der Waals surface area contributed by atoms with Crippen LogP contribution in [0.3, 0.4) is 0 Å². The van der Waals surface area contributed by atoms with Crippen molar-refractivity contribution >= 4 is 0 Å². The topological polar surface area (TPSA) is 15.3 Å². The van der Waals surface area contributed by atoms with Gasteiger partial charge in [0.05, 0.1) is 0 Å². The summed E-state index contributed by atoms with van der Waals surface area (Å²) >= 11 is 0. The Balaban J connectivity index is 0.000000421. The molecule has 0 aliphatic heterocycles. The number of alkyl halides is 1. The molecule has 0 unspecified atom stereocenters. The van der Waals surface area contributed by atoms with E-state index in [2.05, 4.69) is 17.1 Å². The lowest BCUT2D eigenvalue weighted by molar-refractivity contribution is 0.220. The number of hydrogen-bond donors (Lipinski definition) is 1. The van der Waals surface area contributed by atoms with E-state index in [4.69, 9.17) is 0 Å². The summed E-state index contributed by atoms with van der Waals surface area (Å²) in [5.41, 5.74) is -0.539. The first kappa shape index (κ1) is 24.0. The molecule has 1 aromatic rings. The molecule has 0 aromatic heterocycles. The van der Waals surface area contributed by atoms with E-state index < -0.39 is 5.67 Å². The molecule has 1 aromatic carbocycles. The third-order valence-electron chi connectivity index (χ3n) is 4.20. The lowest BCUT2D eigenvalue weighted by Crippen LogP contribution is -2.32. The van der Waals surface area contributed by atoms with Gasteiger partial charge in [-0.1, -0.05) is 32.9 Å². The summed E-state index contributed by atoms with van der Waals surface area (Å²) in [6.45, 7) is 15.6. The fourth-order valence-corrected chi connectivity index (χ4v) is 2.28. The van der Waals surface area contributed by atoms with Crippen LogP contribution in [0.4, 0.5) is 8.78 Å². The molecule has 2 nitrogen and oxygen atoms in total. The van der Waals surface area contributed by atoms with Crippen LogP contribution in [0.5, 0.6) is 0 Å². The lowest BCUT2D eigenvalue weighted by atomic mass is 9.99. The molecule has 0 spiro atoms. The smallest absolute Gasteiger partial charge is 0.130 e. The highest BCUT2D eigenvalue weighted by Crippen LogP contribution is 2.29. The van der Waals surface area contributed by atoms with Crippen molar-refractivity contribution in [2.24, 2.45) is 5.92 Å². The van der Waals surface area contributed by atoms with E-state index in [0.29, 0.717) is 11.1 Å². The monoisotopic (exact) mass is 356 g/mol. The molecule has 25 heavy (non-hydrogen) atoms. The van der Waals surface area contributed by atoms with Crippen LogP contribution < -0.4 is 5.32 Å². The van der Waals surface area contributed by atoms with Gasteiger partial charge in [-0.05, 0) is 70.3 Å². The maximum atomic E-state index is 13.3. The SMILES string of the molecule is CC.CCN(CCNC)CC1CC1.Cc1ccc(C(C)(C)F)cc1F. The quantitative estimate of drug-likeness (QED) is 0.713. The first-order valence-corrected chi connectivity index (χ1v) is 9.60. The van der Waals surface area contributed by atoms with Crippen LogP contribution in [0, 0.1) is 18.7 Å². The molecule has 146 valence electrons. The molecule has 0 heterocycles. The van der Waals surface area contributed by atoms with Crippen LogP contribution >= 0.6 is 0 Å². The highest BCUT2D eigenvalue weighted by atomic mass is 19.1. The van der Waals surface area contributed by atoms with Crippen molar-refractivity contribution in [1.82, 2.24) is 10.2 Å². The third kappa shape index (κ3) is 10.6. The van der Waals surface area contributed by atoms with Crippen molar-refractivity contribution in [2.75, 3.05) is 33.2 Å². The minimum Gasteiger partial charge on any atom is -0.318 e. The maximum absolute atomic E-state index is 13.3. The van der Waals surface area contributed by atoms with Gasteiger partial charge >= 0.3 is 0 Å². The number of likely N-dealkylation sites (N-methyl/N-ethyl adjacent to an activating group) is 2. The van der Waals surface area contributed by atoms with Crippen molar-refractivity contribution < 1.29 is 8.78 Å². The van der Waals surface area contributed by atoms with E-state index in [0.717, 1.165) is 12.5 Å². The van der Waals surface area contributed by atoms with Gasteiger partial charge < -0.3 is 10.2 Å². The summed E-state index contributed by atoms with van der Waals surface area (Å²) in [5.74, 6) is 0.685. The van der Waals surface area contributed by atoms with E-state index in [-0.39, 0.29) is 5.82 Å². The molecule has 1 N–H and O–H groups in total. The van der Waals surface area contributed by atoms with Crippen molar-refractivity contribution in [1.29, 1.82) is 0 Å². The predicted octanol–water partition coefficient (Wildman–Crippen LogP) is 5.30. The third-order valence-corrected chi connectivity index (χ3v) is 4.20. The second-order valence-corrected chi connectivity index (χ2v) is 6.88. The zero-order valence-electron chi connectivity index (χ0n) is 17.3. The van der Waals surface area contributed by atoms with Gasteiger partial charge in [0, 0.05) is 19.6 Å². The molecule has 0 saturated heterocycles. The maximum Gasteiger partial charge on any atom is 0.130 e. The number of rotatable bonds is 7. The first-order chi connectivity index (χ1) is 11.8. The number of aryl methyl sites for hydroxylation is 1. The summed E-state index contributed by atoms with van der Waals surface area (Å²) < 4.78 is 26.2. The van der Waals surface area contributed by atoms with E-state index in [9.17, 15) is 8.78 Å². The van der Waals surface area contributed by atoms with E-state index in [1.54, 1.807) is 19.1 Å². The van der Waals surface area contributed by atoms with Crippen LogP contribution in [0.25, 0.3) is 0 Å². The van der Waals surface area contributed by atoms with Crippen molar-refractivity contribution in [3.63, 3.8) is 0 Å². The molecule has 4 heteroatoms. The van der Waals surface area contributed by atoms with Gasteiger partial charge in [-0.25, -0.2) is 8.78 Å². The molecule has 0 amide bonds. The number of benzene rings is 1. The fourth-order valence-electron chi connectivity index (χ4n) is 2.28. The summed E-state index contributed by atoms with van der Waals surface area (Å²) in [4.78, 5) is 2.54. The molecule has 2 rings (SSSR count). The molecule has 1 aliphatic rings. The Labute approximate surface area is 154 Å². The standard InChI is InChI=1S/C10H12F2.C9H20N2.C2H6/c1-7-4-5-8(6-9(7)11)10(2,3)12;1-3-11(7-6-10-2)8-9-4-5-9;1-2/h4-6H,1-3H3;9-10H,3-8H2,1-2H3;1-2H3. The van der Waals surface area contributed by atoms with Crippen LogP contribution in [-0.4, -0.2) is 38.1 Å². The lowest BCUT2D eigenvalue weighted by Gasteiger charge is -2.19. The van der Waals surface area contributed by atoms with Gasteiger partial charge in [0.15, 0.2) is 0 Å². The van der Waals surface area contributed by atoms with Crippen LogP contribution in [0.1, 0.15) is 58.6 Å². The van der Waals surface area contributed by atoms with Gasteiger partial charge in [-0.15, -0.1) is 0 Å². The summed E-state index contributed by atoms with van der Waals surface area (Å²) in [6, 6.07) is 4.44. The Morgan fingerprint density at radius 1 is 1.24 bits per heavy atom. The molecule has 1 aliphatic carbocycles. The zero-order valence-corrected chi connectivity index (χ0v) is 17.3. The molecular formula is C21H38F2N2. The van der Waals surface area contributed by atoms with Crippen molar-refractivity contribution in [2.45, 2.75) is 60.1 Å². The van der Waals surface area contributed by atoms with Crippen molar-refractivity contribution in [3.05, 3.63) is 35.1 Å². The van der Waals surface area contributed by atoms with Gasteiger partial charge in [0.2, 0.25) is 0 Å². The average molecular weight is 357 g/mol. The van der Waals surface area contributed by atoms with E-state index >= 15 is 0 Å². The Morgan fingerprint density at radius 3 is 2.24 bits per heavy atom. The van der Waals surface area contributed by atoms with Gasteiger partial charge in [-0.2, -0.15) is 0 Å². The van der Waals surface area contributed by atoms with Crippen molar-refractivity contribution in [3.8, 4) is 0 Å². The van der Waals surface area contributed by atoms with Gasteiger partial charge in [0.1, 0.15) is 11.5 Å². The molecule has 0 radical (unpaired) electrons. The second-order valence-electron chi connectivity index (χ2n) is 6.88. The van der Waals surface area contributed by atoms with Crippen LogP contribution in [0.2, 0.25) is 0 Å². The largest absolute Gasteiger partial charge is 0.318 e. The molecule has 0 atom stereocenters. The Bertz CT molecular complexity index is 465. The molecule has 1 saturated carbocycles. The van der Waals surface area contributed by atoms with Gasteiger partial charge in [-0.3, -0.25) is 0 Å². The first-order valence-electron chi connectivity index (χ1n) is 9.60. The summed E-state index contributed by atoms with van der Waals surface area (Å²) in [7, 11) is 2.02. The Morgan fingerprint density at radius 2 is 1.84 bits per heavy atom. The molecule has 0 bridgehead atoms. The minimum atomic E-state index is -1.46. The predicted molar refractivity (Wildman–Crippen MR) is 105 cm³/mol. The Hall–Kier alpha value is -1.00. The van der Waals surface area contributed by atoms with E-state index in [1.165, 1.54) is 52.4 Å². The number of nitrogens with zero attached hydrogens (tertiary/aromatic N) is 1. The minimum absolute atomic E-state index is 0.349. The van der Waals surface area contributed by atoms with Crippen LogP contribution in [0.15, 0.2) is 18.2 Å². The van der Waals surface area contributed by atoms with Crippen LogP contribution in [-0.2, 0) is 5.67 Å². The molecular weight excluding hydrogens is 318 g/mol. The fraction of sp³-hybridized carbons (Fsp3) is 0.714. The van der Waals surface area contributed by atoms with Gasteiger partial charge in [0.25, 0.3) is 0 Å². The number of nitrogens with one attached hydrogen (secondary N) is 1. The normalized spacial score (nSPS) is 13.7. The number of hydrogen-bond acceptors (Lipinski definition) is 2. The second kappa shape index (κ2) is 12.4. The zero-order chi connectivity index (χ0) is 19.5. The highest BCUT2D eigenvalue weighted by molar-refractivity contribution is 5.26. The Kier molecular flexibility index (Phi) is 11.9. The molecule has 1 fully saturated rings. The van der Waals surface area contributed by atoms with E-state index in [1.807, 2.05) is 20.9 Å². The summed E-state index contributed by atoms with van der Waals surface area (Å²) in [5, 5.41) is 3.18.